The fourth-order valence-electron chi connectivity index (χ4n) is 1.89. The minimum Gasteiger partial charge on any atom is -0.355 e. The van der Waals surface area contributed by atoms with Gasteiger partial charge in [0.2, 0.25) is 0 Å². The Bertz CT molecular complexity index is 565. The third-order valence-corrected chi connectivity index (χ3v) is 4.96. The predicted octanol–water partition coefficient (Wildman–Crippen LogP) is 1.44. The molecule has 6 heteroatoms. The van der Waals surface area contributed by atoms with Crippen molar-refractivity contribution in [2.24, 2.45) is 4.99 Å². The van der Waals surface area contributed by atoms with E-state index in [2.05, 4.69) is 41.5 Å². The van der Waals surface area contributed by atoms with Gasteiger partial charge in [0.1, 0.15) is 0 Å². The van der Waals surface area contributed by atoms with Crippen molar-refractivity contribution >= 4 is 15.8 Å². The second-order valence-electron chi connectivity index (χ2n) is 5.05. The number of benzene rings is 1. The molecular formula is C15H25N3O2S. The summed E-state index contributed by atoms with van der Waals surface area (Å²) in [5.41, 5.74) is 2.42. The number of aliphatic imine (C=N–C) groups is 1. The predicted molar refractivity (Wildman–Crippen MR) is 88.3 cm³/mol. The van der Waals surface area contributed by atoms with Crippen LogP contribution in [-0.2, 0) is 16.4 Å². The van der Waals surface area contributed by atoms with Crippen LogP contribution < -0.4 is 5.32 Å². The van der Waals surface area contributed by atoms with Crippen LogP contribution in [0.2, 0.25) is 0 Å². The standard InChI is InChI=1S/C15H25N3O2S/c1-5-21(19,20)11-10-17-15(16-3)18(4)12-14-8-6-13(2)7-9-14/h6-9H,5,10-12H2,1-4H3,(H,16,17). The molecule has 1 aromatic rings. The largest absolute Gasteiger partial charge is 0.355 e. The maximum atomic E-state index is 11.5. The number of sulfone groups is 1. The van der Waals surface area contributed by atoms with Crippen molar-refractivity contribution in [1.29, 1.82) is 0 Å². The molecule has 5 nitrogen and oxygen atoms in total. The van der Waals surface area contributed by atoms with Crippen molar-refractivity contribution in [1.82, 2.24) is 10.2 Å². The van der Waals surface area contributed by atoms with Crippen molar-refractivity contribution in [3.05, 3.63) is 35.4 Å². The van der Waals surface area contributed by atoms with Crippen molar-refractivity contribution in [2.75, 3.05) is 32.1 Å². The topological polar surface area (TPSA) is 61.8 Å². The lowest BCUT2D eigenvalue weighted by Crippen LogP contribution is -2.40. The van der Waals surface area contributed by atoms with Gasteiger partial charge in [0.25, 0.3) is 0 Å². The number of rotatable bonds is 6. The molecule has 0 aliphatic carbocycles. The molecule has 0 atom stereocenters. The van der Waals surface area contributed by atoms with Gasteiger partial charge in [-0.15, -0.1) is 0 Å². The summed E-state index contributed by atoms with van der Waals surface area (Å²) in [4.78, 5) is 6.16. The van der Waals surface area contributed by atoms with Crippen LogP contribution in [0.15, 0.2) is 29.3 Å². The summed E-state index contributed by atoms with van der Waals surface area (Å²) in [6, 6.07) is 8.32. The molecule has 1 rings (SSSR count). The van der Waals surface area contributed by atoms with E-state index in [4.69, 9.17) is 0 Å². The lowest BCUT2D eigenvalue weighted by Gasteiger charge is -2.22. The zero-order valence-corrected chi connectivity index (χ0v) is 14.1. The van der Waals surface area contributed by atoms with Crippen LogP contribution in [0.25, 0.3) is 0 Å². The van der Waals surface area contributed by atoms with Gasteiger partial charge in [-0.1, -0.05) is 36.8 Å². The molecule has 0 spiro atoms. The van der Waals surface area contributed by atoms with Crippen molar-refractivity contribution in [3.63, 3.8) is 0 Å². The smallest absolute Gasteiger partial charge is 0.193 e. The molecule has 0 aliphatic heterocycles. The molecule has 0 saturated carbocycles. The van der Waals surface area contributed by atoms with Crippen molar-refractivity contribution in [2.45, 2.75) is 20.4 Å². The number of nitrogens with one attached hydrogen (secondary N) is 1. The van der Waals surface area contributed by atoms with Crippen LogP contribution in [0.3, 0.4) is 0 Å². The summed E-state index contributed by atoms with van der Waals surface area (Å²) in [5, 5.41) is 3.09. The Morgan fingerprint density at radius 2 is 1.90 bits per heavy atom. The fourth-order valence-corrected chi connectivity index (χ4v) is 2.59. The maximum Gasteiger partial charge on any atom is 0.193 e. The normalized spacial score (nSPS) is 12.3. The molecule has 0 amide bonds. The molecule has 0 fully saturated rings. The minimum absolute atomic E-state index is 0.126. The monoisotopic (exact) mass is 311 g/mol. The zero-order valence-electron chi connectivity index (χ0n) is 13.3. The van der Waals surface area contributed by atoms with Crippen LogP contribution in [-0.4, -0.2) is 51.4 Å². The molecule has 0 saturated heterocycles. The SMILES string of the molecule is CCS(=O)(=O)CCNC(=NC)N(C)Cc1ccc(C)cc1. The first-order valence-corrected chi connectivity index (χ1v) is 8.88. The van der Waals surface area contributed by atoms with E-state index in [9.17, 15) is 8.42 Å². The Morgan fingerprint density at radius 1 is 1.29 bits per heavy atom. The van der Waals surface area contributed by atoms with E-state index < -0.39 is 9.84 Å². The molecule has 0 heterocycles. The number of nitrogens with zero attached hydrogens (tertiary/aromatic N) is 2. The molecule has 1 N–H and O–H groups in total. The third kappa shape index (κ3) is 6.16. The van der Waals surface area contributed by atoms with Gasteiger partial charge in [-0.25, -0.2) is 8.42 Å². The number of aryl methyl sites for hydroxylation is 1. The van der Waals surface area contributed by atoms with E-state index in [0.717, 1.165) is 6.54 Å². The Balaban J connectivity index is 2.54. The summed E-state index contributed by atoms with van der Waals surface area (Å²) < 4.78 is 22.9. The van der Waals surface area contributed by atoms with Crippen LogP contribution in [0, 0.1) is 6.92 Å². The molecule has 118 valence electrons. The second kappa shape index (κ2) is 8.02. The first-order valence-electron chi connectivity index (χ1n) is 7.05. The highest BCUT2D eigenvalue weighted by molar-refractivity contribution is 7.91. The van der Waals surface area contributed by atoms with E-state index in [1.807, 2.05) is 11.9 Å². The Morgan fingerprint density at radius 3 is 2.43 bits per heavy atom. The van der Waals surface area contributed by atoms with Gasteiger partial charge in [0, 0.05) is 32.9 Å². The first kappa shape index (κ1) is 17.5. The molecule has 0 aromatic heterocycles. The molecule has 0 radical (unpaired) electrons. The molecule has 21 heavy (non-hydrogen) atoms. The van der Waals surface area contributed by atoms with Crippen molar-refractivity contribution in [3.8, 4) is 0 Å². The summed E-state index contributed by atoms with van der Waals surface area (Å²) in [7, 11) is 0.682. The molecular weight excluding hydrogens is 286 g/mol. The highest BCUT2D eigenvalue weighted by atomic mass is 32.2. The van der Waals surface area contributed by atoms with E-state index in [-0.39, 0.29) is 11.5 Å². The molecule has 0 unspecified atom stereocenters. The second-order valence-corrected chi connectivity index (χ2v) is 7.52. The highest BCUT2D eigenvalue weighted by Crippen LogP contribution is 2.05. The minimum atomic E-state index is -2.95. The first-order chi connectivity index (χ1) is 9.88. The number of hydrogen-bond donors (Lipinski definition) is 1. The Hall–Kier alpha value is -1.56. The van der Waals surface area contributed by atoms with Crippen LogP contribution in [0.4, 0.5) is 0 Å². The van der Waals surface area contributed by atoms with Crippen LogP contribution in [0.5, 0.6) is 0 Å². The average Bonchev–Trinajstić information content (AvgIpc) is 2.46. The van der Waals surface area contributed by atoms with Crippen molar-refractivity contribution < 1.29 is 8.42 Å². The average molecular weight is 311 g/mol. The van der Waals surface area contributed by atoms with Gasteiger partial charge in [0.05, 0.1) is 5.75 Å². The maximum absolute atomic E-state index is 11.5. The summed E-state index contributed by atoms with van der Waals surface area (Å²) in [6.07, 6.45) is 0. The van der Waals surface area contributed by atoms with E-state index in [1.165, 1.54) is 11.1 Å². The fraction of sp³-hybridized carbons (Fsp3) is 0.533. The molecule has 0 aliphatic rings. The Kier molecular flexibility index (Phi) is 6.68. The highest BCUT2D eigenvalue weighted by Gasteiger charge is 2.10. The Labute approximate surface area is 128 Å². The molecule has 0 bridgehead atoms. The third-order valence-electron chi connectivity index (χ3n) is 3.25. The van der Waals surface area contributed by atoms with Crippen LogP contribution in [0.1, 0.15) is 18.1 Å². The van der Waals surface area contributed by atoms with Gasteiger partial charge in [-0.2, -0.15) is 0 Å². The zero-order chi connectivity index (χ0) is 15.9. The lowest BCUT2D eigenvalue weighted by atomic mass is 10.1. The van der Waals surface area contributed by atoms with Gasteiger partial charge < -0.3 is 10.2 Å². The van der Waals surface area contributed by atoms with Crippen LogP contribution >= 0.6 is 0 Å². The number of hydrogen-bond acceptors (Lipinski definition) is 3. The van der Waals surface area contributed by atoms with E-state index in [0.29, 0.717) is 12.5 Å². The van der Waals surface area contributed by atoms with E-state index >= 15 is 0 Å². The summed E-state index contributed by atoms with van der Waals surface area (Å²) >= 11 is 0. The van der Waals surface area contributed by atoms with E-state index in [1.54, 1.807) is 14.0 Å². The summed E-state index contributed by atoms with van der Waals surface area (Å²) in [5.74, 6) is 0.995. The van der Waals surface area contributed by atoms with Gasteiger partial charge in [-0.3, -0.25) is 4.99 Å². The summed E-state index contributed by atoms with van der Waals surface area (Å²) in [6.45, 7) is 4.82. The quantitative estimate of drug-likeness (QED) is 0.638. The number of guanidine groups is 1. The van der Waals surface area contributed by atoms with Gasteiger partial charge in [-0.05, 0) is 12.5 Å². The molecule has 1 aromatic carbocycles. The lowest BCUT2D eigenvalue weighted by molar-refractivity contribution is 0.478. The van der Waals surface area contributed by atoms with Gasteiger partial charge >= 0.3 is 0 Å². The van der Waals surface area contributed by atoms with Gasteiger partial charge in [0.15, 0.2) is 15.8 Å².